The van der Waals surface area contributed by atoms with Gasteiger partial charge in [-0.25, -0.2) is 0 Å². The summed E-state index contributed by atoms with van der Waals surface area (Å²) in [6, 6.07) is 0. The second-order valence-electron chi connectivity index (χ2n) is 5.71. The number of carboxylic acid groups (broad SMARTS) is 2. The largest absolute Gasteiger partial charge is 0.481 e. The minimum absolute atomic E-state index is 0.211. The molecule has 0 amide bonds. The van der Waals surface area contributed by atoms with Gasteiger partial charge in [-0.2, -0.15) is 0 Å². The monoisotopic (exact) mass is 288 g/mol. The molecule has 0 aromatic rings. The summed E-state index contributed by atoms with van der Waals surface area (Å²) < 4.78 is 4.40. The van der Waals surface area contributed by atoms with Crippen molar-refractivity contribution < 1.29 is 29.3 Å². The van der Waals surface area contributed by atoms with Gasteiger partial charge in [-0.3, -0.25) is 14.4 Å². The Hall–Kier alpha value is -1.59. The number of carbonyl (C=O) groups is 3. The second kappa shape index (κ2) is 6.72. The van der Waals surface area contributed by atoms with Crippen LogP contribution in [0.5, 0.6) is 0 Å². The highest BCUT2D eigenvalue weighted by molar-refractivity contribution is 5.80. The molecule has 1 rings (SSSR count). The third-order valence-corrected chi connectivity index (χ3v) is 4.34. The van der Waals surface area contributed by atoms with Crippen molar-refractivity contribution in [3.05, 3.63) is 0 Å². The van der Waals surface area contributed by atoms with Crippen molar-refractivity contribution in [2.45, 2.75) is 47.5 Å². The summed E-state index contributed by atoms with van der Waals surface area (Å²) in [5.41, 5.74) is -1.61. The molecule has 0 radical (unpaired) electrons. The predicted octanol–water partition coefficient (Wildman–Crippen LogP) is 2.17. The molecule has 0 spiro atoms. The maximum Gasteiger partial charge on any atom is 0.309 e. The van der Waals surface area contributed by atoms with Gasteiger partial charge in [0.15, 0.2) is 0 Å². The standard InChI is InChI=1S/C10H16O4.C4H8O2/c1-9(2)6(7(11)12)4-5-10(9,3)8(13)14;1-3-6-4(2)5/h6H,4-5H2,1-3H3,(H,11,12)(H,13,14);3H2,1-2H3. The number of hydrogen-bond acceptors (Lipinski definition) is 4. The molecular weight excluding hydrogens is 264 g/mol. The molecule has 6 nitrogen and oxygen atoms in total. The fourth-order valence-electron chi connectivity index (χ4n) is 2.52. The third-order valence-electron chi connectivity index (χ3n) is 4.34. The summed E-state index contributed by atoms with van der Waals surface area (Å²) >= 11 is 0. The summed E-state index contributed by atoms with van der Waals surface area (Å²) in [5.74, 6) is -2.55. The van der Waals surface area contributed by atoms with Crippen LogP contribution in [0, 0.1) is 16.7 Å². The van der Waals surface area contributed by atoms with Crippen LogP contribution in [-0.4, -0.2) is 34.7 Å². The molecule has 1 fully saturated rings. The number of carbonyl (C=O) groups excluding carboxylic acids is 1. The lowest BCUT2D eigenvalue weighted by molar-refractivity contribution is -0.157. The van der Waals surface area contributed by atoms with E-state index in [1.165, 1.54) is 6.92 Å². The molecule has 1 aliphatic carbocycles. The number of hydrogen-bond donors (Lipinski definition) is 2. The normalized spacial score (nSPS) is 27.1. The molecule has 1 saturated carbocycles. The van der Waals surface area contributed by atoms with Crippen LogP contribution >= 0.6 is 0 Å². The van der Waals surface area contributed by atoms with Gasteiger partial charge in [0.25, 0.3) is 0 Å². The van der Waals surface area contributed by atoms with Crippen molar-refractivity contribution in [2.24, 2.45) is 16.7 Å². The quantitative estimate of drug-likeness (QED) is 0.772. The van der Waals surface area contributed by atoms with E-state index >= 15 is 0 Å². The maximum atomic E-state index is 11.1. The van der Waals surface area contributed by atoms with E-state index < -0.39 is 28.7 Å². The van der Waals surface area contributed by atoms with E-state index in [0.29, 0.717) is 19.4 Å². The highest BCUT2D eigenvalue weighted by Crippen LogP contribution is 2.56. The topological polar surface area (TPSA) is 101 Å². The van der Waals surface area contributed by atoms with Gasteiger partial charge in [-0.05, 0) is 32.1 Å². The Balaban J connectivity index is 0.000000511. The van der Waals surface area contributed by atoms with E-state index in [-0.39, 0.29) is 5.97 Å². The molecule has 0 aromatic carbocycles. The van der Waals surface area contributed by atoms with Crippen LogP contribution in [-0.2, 0) is 19.1 Å². The summed E-state index contributed by atoms with van der Waals surface area (Å²) in [4.78, 5) is 31.9. The fourth-order valence-corrected chi connectivity index (χ4v) is 2.52. The molecule has 20 heavy (non-hydrogen) atoms. The number of carboxylic acids is 2. The van der Waals surface area contributed by atoms with E-state index in [1.807, 2.05) is 0 Å². The first-order chi connectivity index (χ1) is 9.00. The van der Waals surface area contributed by atoms with Crippen LogP contribution in [0.25, 0.3) is 0 Å². The van der Waals surface area contributed by atoms with E-state index in [9.17, 15) is 14.4 Å². The van der Waals surface area contributed by atoms with Gasteiger partial charge in [-0.15, -0.1) is 0 Å². The van der Waals surface area contributed by atoms with Gasteiger partial charge in [0.1, 0.15) is 0 Å². The highest BCUT2D eigenvalue weighted by atomic mass is 16.5. The smallest absolute Gasteiger partial charge is 0.309 e. The van der Waals surface area contributed by atoms with Crippen molar-refractivity contribution in [3.8, 4) is 0 Å². The number of rotatable bonds is 3. The van der Waals surface area contributed by atoms with Gasteiger partial charge in [-0.1, -0.05) is 13.8 Å². The maximum absolute atomic E-state index is 11.1. The second-order valence-corrected chi connectivity index (χ2v) is 5.71. The first-order valence-electron chi connectivity index (χ1n) is 6.60. The molecule has 6 heteroatoms. The molecule has 2 atom stereocenters. The Morgan fingerprint density at radius 1 is 1.20 bits per heavy atom. The molecule has 0 aromatic heterocycles. The minimum Gasteiger partial charge on any atom is -0.481 e. The van der Waals surface area contributed by atoms with Crippen molar-refractivity contribution in [2.75, 3.05) is 6.61 Å². The Labute approximate surface area is 119 Å². The van der Waals surface area contributed by atoms with Gasteiger partial charge < -0.3 is 14.9 Å². The Kier molecular flexibility index (Phi) is 6.19. The zero-order valence-corrected chi connectivity index (χ0v) is 12.7. The first-order valence-corrected chi connectivity index (χ1v) is 6.60. The Morgan fingerprint density at radius 2 is 1.70 bits per heavy atom. The van der Waals surface area contributed by atoms with Gasteiger partial charge in [0, 0.05) is 6.92 Å². The van der Waals surface area contributed by atoms with Crippen LogP contribution in [0.1, 0.15) is 47.5 Å². The van der Waals surface area contributed by atoms with Crippen molar-refractivity contribution >= 4 is 17.9 Å². The van der Waals surface area contributed by atoms with E-state index in [4.69, 9.17) is 10.2 Å². The van der Waals surface area contributed by atoms with E-state index in [0.717, 1.165) is 0 Å². The average Bonchev–Trinajstić information content (AvgIpc) is 2.51. The van der Waals surface area contributed by atoms with Crippen molar-refractivity contribution in [1.29, 1.82) is 0 Å². The molecule has 116 valence electrons. The van der Waals surface area contributed by atoms with E-state index in [1.54, 1.807) is 27.7 Å². The van der Waals surface area contributed by atoms with E-state index in [2.05, 4.69) is 4.74 Å². The van der Waals surface area contributed by atoms with Crippen LogP contribution in [0.4, 0.5) is 0 Å². The lowest BCUT2D eigenvalue weighted by Crippen LogP contribution is -2.42. The molecule has 0 aliphatic heterocycles. The highest BCUT2D eigenvalue weighted by Gasteiger charge is 2.58. The molecule has 2 N–H and O–H groups in total. The summed E-state index contributed by atoms with van der Waals surface area (Å²) in [5, 5.41) is 18.1. The summed E-state index contributed by atoms with van der Waals surface area (Å²) in [6.07, 6.45) is 0.886. The minimum atomic E-state index is -0.921. The third kappa shape index (κ3) is 3.71. The van der Waals surface area contributed by atoms with Gasteiger partial charge in [0.2, 0.25) is 0 Å². The summed E-state index contributed by atoms with van der Waals surface area (Å²) in [7, 11) is 0. The molecule has 0 bridgehead atoms. The number of aliphatic carboxylic acids is 2. The lowest BCUT2D eigenvalue weighted by atomic mass is 9.66. The SMILES string of the molecule is CC1(C(=O)O)CCC(C(=O)O)C1(C)C.CCOC(C)=O. The zero-order valence-electron chi connectivity index (χ0n) is 12.7. The van der Waals surface area contributed by atoms with Crippen molar-refractivity contribution in [1.82, 2.24) is 0 Å². The fraction of sp³-hybridized carbons (Fsp3) is 0.786. The molecule has 2 unspecified atom stereocenters. The molecule has 1 aliphatic rings. The summed E-state index contributed by atoms with van der Waals surface area (Å²) in [6.45, 7) is 8.75. The van der Waals surface area contributed by atoms with Crippen LogP contribution < -0.4 is 0 Å². The average molecular weight is 288 g/mol. The Bertz CT molecular complexity index is 387. The van der Waals surface area contributed by atoms with Crippen LogP contribution in [0.3, 0.4) is 0 Å². The molecular formula is C14H24O6. The predicted molar refractivity (Wildman–Crippen MR) is 72.2 cm³/mol. The Morgan fingerprint density at radius 3 is 1.85 bits per heavy atom. The zero-order chi connectivity index (χ0) is 16.1. The number of ether oxygens (including phenoxy) is 1. The lowest BCUT2D eigenvalue weighted by Gasteiger charge is -2.36. The van der Waals surface area contributed by atoms with Crippen molar-refractivity contribution in [3.63, 3.8) is 0 Å². The number of esters is 1. The molecule has 0 saturated heterocycles. The van der Waals surface area contributed by atoms with Gasteiger partial charge >= 0.3 is 17.9 Å². The van der Waals surface area contributed by atoms with Gasteiger partial charge in [0.05, 0.1) is 17.9 Å². The first kappa shape index (κ1) is 18.4. The van der Waals surface area contributed by atoms with Crippen LogP contribution in [0.2, 0.25) is 0 Å². The molecule has 0 heterocycles. The van der Waals surface area contributed by atoms with Crippen LogP contribution in [0.15, 0.2) is 0 Å².